The molecular weight excluding hydrogens is 368 g/mol. The molecule has 0 aliphatic heterocycles. The van der Waals surface area contributed by atoms with Crippen molar-refractivity contribution in [2.75, 3.05) is 0 Å². The molecule has 1 heterocycles. The van der Waals surface area contributed by atoms with Gasteiger partial charge in [0, 0.05) is 9.50 Å². The number of hydrogen-bond acceptors (Lipinski definition) is 3. The minimum absolute atomic E-state index is 0.366. The molecule has 110 valence electrons. The molecule has 0 aliphatic rings. The van der Waals surface area contributed by atoms with Gasteiger partial charge < -0.3 is 0 Å². The Labute approximate surface area is 140 Å². The number of hydrogen-bond donors (Lipinski definition) is 0. The molecule has 5 nitrogen and oxygen atoms in total. The number of tetrazole rings is 1. The van der Waals surface area contributed by atoms with E-state index in [4.69, 9.17) is 11.6 Å². The molecule has 2 aromatic carbocycles. The van der Waals surface area contributed by atoms with Gasteiger partial charge in [-0.05, 0) is 46.6 Å². The third-order valence-corrected chi connectivity index (χ3v) is 3.92. The van der Waals surface area contributed by atoms with Gasteiger partial charge in [0.15, 0.2) is 5.21 Å². The van der Waals surface area contributed by atoms with Crippen molar-refractivity contribution in [2.45, 2.75) is 6.54 Å². The molecule has 0 aliphatic carbocycles. The Bertz CT molecular complexity index is 799. The molecule has 3 rings (SSSR count). The zero-order chi connectivity index (χ0) is 15.5. The molecule has 0 saturated carbocycles. The summed E-state index contributed by atoms with van der Waals surface area (Å²) >= 11 is 9.27. The lowest BCUT2D eigenvalue weighted by Crippen LogP contribution is -2.41. The summed E-state index contributed by atoms with van der Waals surface area (Å²) in [6.45, 7) is 0.467. The van der Waals surface area contributed by atoms with Crippen molar-refractivity contribution in [3.63, 3.8) is 0 Å². The van der Waals surface area contributed by atoms with Crippen molar-refractivity contribution in [1.82, 2.24) is 15.1 Å². The van der Waals surface area contributed by atoms with E-state index in [-0.39, 0.29) is 0 Å². The number of rotatable bonds is 4. The Morgan fingerprint density at radius 1 is 1.14 bits per heavy atom. The largest absolute Gasteiger partial charge is 0.327 e. The van der Waals surface area contributed by atoms with Crippen molar-refractivity contribution in [2.24, 2.45) is 0 Å². The van der Waals surface area contributed by atoms with Crippen LogP contribution in [-0.4, -0.2) is 21.4 Å². The number of carbonyl (C=O) groups is 1. The second kappa shape index (κ2) is 6.37. The van der Waals surface area contributed by atoms with Crippen molar-refractivity contribution in [1.29, 1.82) is 0 Å². The summed E-state index contributed by atoms with van der Waals surface area (Å²) in [7, 11) is 0. The number of carbonyl (C=O) groups excluding carboxylic acids is 1. The molecule has 7 heteroatoms. The second-order valence-corrected chi connectivity index (χ2v) is 5.98. The van der Waals surface area contributed by atoms with Crippen molar-refractivity contribution >= 4 is 33.8 Å². The van der Waals surface area contributed by atoms with Crippen LogP contribution in [0.3, 0.4) is 0 Å². The molecule has 22 heavy (non-hydrogen) atoms. The minimum atomic E-state index is 0.366. The molecule has 1 aromatic heterocycles. The van der Waals surface area contributed by atoms with E-state index >= 15 is 0 Å². The van der Waals surface area contributed by atoms with E-state index in [1.165, 1.54) is 4.68 Å². The lowest BCUT2D eigenvalue weighted by molar-refractivity contribution is -0.748. The second-order valence-electron chi connectivity index (χ2n) is 4.63. The van der Waals surface area contributed by atoms with Gasteiger partial charge in [0.05, 0.1) is 0 Å². The highest BCUT2D eigenvalue weighted by Gasteiger charge is 2.21. The fourth-order valence-electron chi connectivity index (χ4n) is 2.04. The smallest absolute Gasteiger partial charge is 0.291 e. The van der Waals surface area contributed by atoms with Gasteiger partial charge in [-0.1, -0.05) is 39.7 Å². The topological polar surface area (TPSA) is 51.7 Å². The standard InChI is InChI=1S/C15H11BrClN4O/c16-12-3-1-11(2-4-12)9-20-15(10-22)21(19-18-20)14-7-5-13(17)6-8-14/h1-8,10H,9H2/q+1. The van der Waals surface area contributed by atoms with Gasteiger partial charge in [-0.3, -0.25) is 4.79 Å². The first-order chi connectivity index (χ1) is 10.7. The summed E-state index contributed by atoms with van der Waals surface area (Å²) in [5.74, 6) is 0.366. The van der Waals surface area contributed by atoms with Gasteiger partial charge in [-0.2, -0.15) is 0 Å². The molecule has 0 fully saturated rings. The Morgan fingerprint density at radius 2 is 1.82 bits per heavy atom. The minimum Gasteiger partial charge on any atom is -0.291 e. The Hall–Kier alpha value is -2.05. The molecule has 0 atom stereocenters. The van der Waals surface area contributed by atoms with Gasteiger partial charge in [-0.25, -0.2) is 0 Å². The van der Waals surface area contributed by atoms with Crippen molar-refractivity contribution < 1.29 is 9.48 Å². The summed E-state index contributed by atoms with van der Waals surface area (Å²) in [5, 5.41) is 8.73. The van der Waals surface area contributed by atoms with Gasteiger partial charge in [-0.15, -0.1) is 4.68 Å². The van der Waals surface area contributed by atoms with Crippen molar-refractivity contribution in [3.8, 4) is 5.69 Å². The van der Waals surface area contributed by atoms with Crippen LogP contribution in [0.1, 0.15) is 16.2 Å². The fourth-order valence-corrected chi connectivity index (χ4v) is 2.43. The van der Waals surface area contributed by atoms with Gasteiger partial charge in [0.1, 0.15) is 17.4 Å². The summed E-state index contributed by atoms with van der Waals surface area (Å²) in [6.07, 6.45) is 0.744. The maximum Gasteiger partial charge on any atom is 0.327 e. The van der Waals surface area contributed by atoms with Gasteiger partial charge in [0.25, 0.3) is 0 Å². The SMILES string of the molecule is O=Cc1n(-c2ccc(Cl)cc2)nn[n+]1Cc1ccc(Br)cc1. The zero-order valence-electron chi connectivity index (χ0n) is 11.4. The lowest BCUT2D eigenvalue weighted by Gasteiger charge is -1.99. The van der Waals surface area contributed by atoms with Crippen molar-refractivity contribution in [3.05, 3.63) is 69.4 Å². The maximum atomic E-state index is 11.4. The molecule has 3 aromatic rings. The normalized spacial score (nSPS) is 10.6. The number of aromatic nitrogens is 4. The lowest BCUT2D eigenvalue weighted by atomic mass is 10.2. The first-order valence-electron chi connectivity index (χ1n) is 6.49. The van der Waals surface area contributed by atoms with Crippen LogP contribution >= 0.6 is 27.5 Å². The highest BCUT2D eigenvalue weighted by Crippen LogP contribution is 2.13. The van der Waals surface area contributed by atoms with E-state index in [0.717, 1.165) is 22.0 Å². The van der Waals surface area contributed by atoms with Crippen LogP contribution < -0.4 is 4.68 Å². The fraction of sp³-hybridized carbons (Fsp3) is 0.0667. The Morgan fingerprint density at radius 3 is 2.45 bits per heavy atom. The molecule has 0 bridgehead atoms. The van der Waals surface area contributed by atoms with Crippen LogP contribution in [0.5, 0.6) is 0 Å². The first-order valence-corrected chi connectivity index (χ1v) is 7.66. The Kier molecular flexibility index (Phi) is 4.31. The quantitative estimate of drug-likeness (QED) is 0.518. The molecule has 0 N–H and O–H groups in total. The van der Waals surface area contributed by atoms with E-state index in [0.29, 0.717) is 17.4 Å². The van der Waals surface area contributed by atoms with E-state index in [9.17, 15) is 4.79 Å². The van der Waals surface area contributed by atoms with Crippen LogP contribution in [0.4, 0.5) is 0 Å². The van der Waals surface area contributed by atoms with Gasteiger partial charge >= 0.3 is 5.82 Å². The molecular formula is C15H11BrClN4O+. The highest BCUT2D eigenvalue weighted by molar-refractivity contribution is 9.10. The highest BCUT2D eigenvalue weighted by atomic mass is 79.9. The zero-order valence-corrected chi connectivity index (χ0v) is 13.7. The number of benzene rings is 2. The average Bonchev–Trinajstić information content (AvgIpc) is 2.93. The molecule has 0 amide bonds. The van der Waals surface area contributed by atoms with E-state index < -0.39 is 0 Å². The third-order valence-electron chi connectivity index (χ3n) is 3.14. The van der Waals surface area contributed by atoms with E-state index in [1.54, 1.807) is 28.9 Å². The predicted octanol–water partition coefficient (Wildman–Crippen LogP) is 2.83. The number of aldehydes is 1. The van der Waals surface area contributed by atoms with E-state index in [2.05, 4.69) is 26.4 Å². The third kappa shape index (κ3) is 3.08. The van der Waals surface area contributed by atoms with Gasteiger partial charge in [0.2, 0.25) is 6.29 Å². The maximum absolute atomic E-state index is 11.4. The number of halogens is 2. The summed E-state index contributed by atoms with van der Waals surface area (Å²) in [5.41, 5.74) is 1.76. The predicted molar refractivity (Wildman–Crippen MR) is 85.2 cm³/mol. The van der Waals surface area contributed by atoms with Crippen LogP contribution in [0.25, 0.3) is 5.69 Å². The molecule has 0 saturated heterocycles. The van der Waals surface area contributed by atoms with Crippen LogP contribution in [0.2, 0.25) is 5.02 Å². The Balaban J connectivity index is 1.95. The summed E-state index contributed by atoms with van der Waals surface area (Å²) < 4.78 is 4.05. The molecule has 0 unspecified atom stereocenters. The number of nitrogens with zero attached hydrogens (tertiary/aromatic N) is 4. The molecule has 0 spiro atoms. The molecule has 0 radical (unpaired) electrons. The van der Waals surface area contributed by atoms with Crippen LogP contribution in [-0.2, 0) is 6.54 Å². The summed E-state index contributed by atoms with van der Waals surface area (Å²) in [4.78, 5) is 11.4. The van der Waals surface area contributed by atoms with E-state index in [1.807, 2.05) is 24.3 Å². The first kappa shape index (κ1) is 14.9. The van der Waals surface area contributed by atoms with Crippen LogP contribution in [0.15, 0.2) is 53.0 Å². The average molecular weight is 379 g/mol. The van der Waals surface area contributed by atoms with Crippen LogP contribution in [0, 0.1) is 0 Å². The monoisotopic (exact) mass is 377 g/mol. The summed E-state index contributed by atoms with van der Waals surface area (Å²) in [6, 6.07) is 14.9.